The van der Waals surface area contributed by atoms with Crippen LogP contribution in [0.3, 0.4) is 0 Å². The summed E-state index contributed by atoms with van der Waals surface area (Å²) in [4.78, 5) is 4.86. The fourth-order valence-corrected chi connectivity index (χ4v) is 10.5. The third-order valence-corrected chi connectivity index (χ3v) is 15.4. The molecule has 0 aliphatic carbocycles. The summed E-state index contributed by atoms with van der Waals surface area (Å²) in [5.41, 5.74) is 6.99. The van der Waals surface area contributed by atoms with Crippen LogP contribution in [0.4, 0.5) is 34.1 Å². The molecule has 56 heavy (non-hydrogen) atoms. The third kappa shape index (κ3) is 6.70. The lowest BCUT2D eigenvalue weighted by Gasteiger charge is -2.28. The van der Waals surface area contributed by atoms with E-state index in [2.05, 4.69) is 231 Å². The van der Waals surface area contributed by atoms with Crippen LogP contribution >= 0.6 is 0 Å². The summed E-state index contributed by atoms with van der Waals surface area (Å²) >= 11 is 0. The molecule has 0 unspecified atom stereocenters. The highest BCUT2D eigenvalue weighted by molar-refractivity contribution is 6.89. The summed E-state index contributed by atoms with van der Waals surface area (Å²) in [7, 11) is -2.90. The van der Waals surface area contributed by atoms with Crippen LogP contribution in [-0.4, -0.2) is 16.1 Å². The fourth-order valence-electron chi connectivity index (χ4n) is 8.13. The summed E-state index contributed by atoms with van der Waals surface area (Å²) < 4.78 is 0. The van der Waals surface area contributed by atoms with Crippen molar-refractivity contribution in [2.24, 2.45) is 0 Å². The molecule has 274 valence electrons. The third-order valence-electron chi connectivity index (χ3n) is 11.3. The van der Waals surface area contributed by atoms with Gasteiger partial charge in [0.1, 0.15) is 0 Å². The molecule has 0 aromatic heterocycles. The van der Waals surface area contributed by atoms with Crippen LogP contribution in [-0.2, 0) is 0 Å². The van der Waals surface area contributed by atoms with Crippen LogP contribution in [0.1, 0.15) is 0 Å². The molecule has 2 nitrogen and oxygen atoms in total. The van der Waals surface area contributed by atoms with Crippen molar-refractivity contribution in [1.29, 1.82) is 0 Å². The summed E-state index contributed by atoms with van der Waals surface area (Å²) in [5, 5.41) is 12.8. The first-order valence-electron chi connectivity index (χ1n) is 19.8. The first-order valence-corrected chi connectivity index (χ1v) is 26.8. The van der Waals surface area contributed by atoms with Crippen molar-refractivity contribution in [3.05, 3.63) is 182 Å². The van der Waals surface area contributed by atoms with Crippen molar-refractivity contribution in [1.82, 2.24) is 0 Å². The second kappa shape index (κ2) is 14.0. The molecule has 0 radical (unpaired) electrons. The van der Waals surface area contributed by atoms with Gasteiger partial charge in [0, 0.05) is 33.5 Å². The van der Waals surface area contributed by atoms with E-state index in [0.717, 1.165) is 11.4 Å². The van der Waals surface area contributed by atoms with E-state index >= 15 is 0 Å². The van der Waals surface area contributed by atoms with Gasteiger partial charge in [0.2, 0.25) is 0 Å². The van der Waals surface area contributed by atoms with Crippen molar-refractivity contribution < 1.29 is 0 Å². The van der Waals surface area contributed by atoms with Gasteiger partial charge < -0.3 is 9.80 Å². The van der Waals surface area contributed by atoms with Gasteiger partial charge in [-0.2, -0.15) is 0 Å². The molecule has 0 N–H and O–H groups in total. The van der Waals surface area contributed by atoms with Crippen molar-refractivity contribution in [2.75, 3.05) is 9.80 Å². The van der Waals surface area contributed by atoms with E-state index in [1.807, 2.05) is 0 Å². The van der Waals surface area contributed by atoms with Gasteiger partial charge in [-0.15, -0.1) is 0 Å². The van der Waals surface area contributed by atoms with Crippen molar-refractivity contribution in [3.63, 3.8) is 0 Å². The maximum atomic E-state index is 2.43. The van der Waals surface area contributed by atoms with Gasteiger partial charge in [0.15, 0.2) is 0 Å². The molecule has 0 amide bonds. The summed E-state index contributed by atoms with van der Waals surface area (Å²) in [5.74, 6) is 0. The van der Waals surface area contributed by atoms with Crippen LogP contribution < -0.4 is 20.2 Å². The van der Waals surface area contributed by atoms with E-state index in [4.69, 9.17) is 0 Å². The lowest BCUT2D eigenvalue weighted by Crippen LogP contribution is -2.37. The predicted octanol–water partition coefficient (Wildman–Crippen LogP) is 14.3. The quantitative estimate of drug-likeness (QED) is 0.113. The predicted molar refractivity (Wildman–Crippen MR) is 252 cm³/mol. The van der Waals surface area contributed by atoms with E-state index in [-0.39, 0.29) is 0 Å². The zero-order chi connectivity index (χ0) is 38.6. The zero-order valence-electron chi connectivity index (χ0n) is 33.2. The molecule has 0 heterocycles. The molecule has 0 atom stereocenters. The average molecular weight is 757 g/mol. The smallest absolute Gasteiger partial charge is 0.0775 e. The Kier molecular flexibility index (Phi) is 8.91. The first-order chi connectivity index (χ1) is 27.0. The summed E-state index contributed by atoms with van der Waals surface area (Å²) in [6.07, 6.45) is 0. The minimum atomic E-state index is -1.45. The molecule has 9 aromatic carbocycles. The second-order valence-corrected chi connectivity index (χ2v) is 27.3. The molecular weight excluding hydrogens is 709 g/mol. The lowest BCUT2D eigenvalue weighted by atomic mass is 10.0. The molecule has 9 rings (SSSR count). The molecule has 0 spiro atoms. The number of benzene rings is 9. The molecular formula is C52H48N2Si2. The lowest BCUT2D eigenvalue weighted by molar-refractivity contribution is 1.30. The SMILES string of the molecule is C[Si](C)(C)c1ccc(N(c2ccc3cc4cc(N(c5ccc([Si](C)(C)C)cc5)c5cccc6ccccc56)ccc4cc3c2)c2cccc3ccccc23)cc1. The number of rotatable bonds is 8. The van der Waals surface area contributed by atoms with E-state index in [1.165, 1.54) is 76.2 Å². The Morgan fingerprint density at radius 3 is 1.04 bits per heavy atom. The van der Waals surface area contributed by atoms with Crippen LogP contribution in [0, 0.1) is 0 Å². The molecule has 0 saturated carbocycles. The average Bonchev–Trinajstić information content (AvgIpc) is 3.20. The maximum Gasteiger partial charge on any atom is 0.0775 e. The van der Waals surface area contributed by atoms with Crippen molar-refractivity contribution in [3.8, 4) is 0 Å². The van der Waals surface area contributed by atoms with E-state index < -0.39 is 16.1 Å². The highest BCUT2D eigenvalue weighted by atomic mass is 28.3. The van der Waals surface area contributed by atoms with Crippen LogP contribution in [0.5, 0.6) is 0 Å². The van der Waals surface area contributed by atoms with Gasteiger partial charge >= 0.3 is 0 Å². The van der Waals surface area contributed by atoms with Crippen molar-refractivity contribution >= 4 is 104 Å². The number of hydrogen-bond acceptors (Lipinski definition) is 2. The van der Waals surface area contributed by atoms with Gasteiger partial charge in [-0.1, -0.05) is 159 Å². The van der Waals surface area contributed by atoms with E-state index in [1.54, 1.807) is 0 Å². The fraction of sp³-hybridized carbons (Fsp3) is 0.115. The van der Waals surface area contributed by atoms with Gasteiger partial charge in [-0.25, -0.2) is 0 Å². The normalized spacial score (nSPS) is 12.1. The largest absolute Gasteiger partial charge is 0.310 e. The number of anilines is 6. The van der Waals surface area contributed by atoms with Crippen LogP contribution in [0.2, 0.25) is 39.3 Å². The zero-order valence-corrected chi connectivity index (χ0v) is 35.2. The Morgan fingerprint density at radius 1 is 0.286 bits per heavy atom. The summed E-state index contributed by atoms with van der Waals surface area (Å²) in [6, 6.07) is 67.9. The Balaban J connectivity index is 1.17. The van der Waals surface area contributed by atoms with E-state index in [9.17, 15) is 0 Å². The molecule has 0 aliphatic rings. The molecule has 9 aromatic rings. The van der Waals surface area contributed by atoms with Gasteiger partial charge in [0.25, 0.3) is 0 Å². The Hall–Kier alpha value is -5.95. The molecule has 0 saturated heterocycles. The topological polar surface area (TPSA) is 6.48 Å². The highest BCUT2D eigenvalue weighted by Crippen LogP contribution is 2.42. The second-order valence-electron chi connectivity index (χ2n) is 17.2. The standard InChI is InChI=1S/C52H48N2Si2/c1-55(2,3)47-29-25-43(26-30-47)53(51-19-11-15-37-13-7-9-17-49(37)51)45-23-21-39-34-42-36-46(24-22-40(42)33-41(39)35-45)54(44-27-31-48(32-28-44)56(4,5)6)52-20-12-16-38-14-8-10-18-50(38)52/h7-36H,1-6H3. The van der Waals surface area contributed by atoms with Gasteiger partial charge in [-0.05, 0) is 105 Å². The monoisotopic (exact) mass is 756 g/mol. The highest BCUT2D eigenvalue weighted by Gasteiger charge is 2.21. The number of nitrogens with zero attached hydrogens (tertiary/aromatic N) is 2. The minimum absolute atomic E-state index is 1.15. The van der Waals surface area contributed by atoms with Gasteiger partial charge in [-0.3, -0.25) is 0 Å². The van der Waals surface area contributed by atoms with Crippen molar-refractivity contribution in [2.45, 2.75) is 39.3 Å². The van der Waals surface area contributed by atoms with Gasteiger partial charge in [0.05, 0.1) is 27.5 Å². The maximum absolute atomic E-state index is 2.43. The minimum Gasteiger partial charge on any atom is -0.310 e. The molecule has 0 fully saturated rings. The first kappa shape index (κ1) is 35.7. The molecule has 4 heteroatoms. The summed E-state index contributed by atoms with van der Waals surface area (Å²) in [6.45, 7) is 14.5. The Labute approximate surface area is 333 Å². The Bertz CT molecular complexity index is 2670. The van der Waals surface area contributed by atoms with E-state index in [0.29, 0.717) is 0 Å². The van der Waals surface area contributed by atoms with Crippen LogP contribution in [0.25, 0.3) is 43.1 Å². The molecule has 0 aliphatic heterocycles. The Morgan fingerprint density at radius 2 is 0.643 bits per heavy atom. The van der Waals surface area contributed by atoms with Crippen LogP contribution in [0.15, 0.2) is 182 Å². The number of fused-ring (bicyclic) bond motifs is 4. The molecule has 0 bridgehead atoms. The number of hydrogen-bond donors (Lipinski definition) is 0.